The maximum absolute atomic E-state index is 12.4. The summed E-state index contributed by atoms with van der Waals surface area (Å²) in [6.07, 6.45) is 0. The lowest BCUT2D eigenvalue weighted by Crippen LogP contribution is -2.21. The predicted molar refractivity (Wildman–Crippen MR) is 142 cm³/mol. The number of amides is 1. The minimum Gasteiger partial charge on any atom is -0.484 e. The summed E-state index contributed by atoms with van der Waals surface area (Å²) in [6.45, 7) is 12.6. The van der Waals surface area contributed by atoms with Crippen molar-refractivity contribution in [1.82, 2.24) is 4.98 Å². The quantitative estimate of drug-likeness (QED) is 0.311. The molecule has 35 heavy (non-hydrogen) atoms. The third kappa shape index (κ3) is 5.83. The standard InChI is InChI=1S/C29H33N3O3/c1-6-32(7-2)23-13-8-20(9-14-23)28-31-25-18-22(12-17-26(25)35-28)30-27(33)19-34-24-15-10-21(11-16-24)29(3,4)5/h8-18H,6-7,19H2,1-5H3,(H,30,33). The molecule has 182 valence electrons. The molecule has 0 saturated heterocycles. The average molecular weight is 472 g/mol. The number of rotatable bonds is 8. The molecule has 0 aliphatic rings. The fourth-order valence-corrected chi connectivity index (χ4v) is 3.93. The van der Waals surface area contributed by atoms with Gasteiger partial charge in [-0.15, -0.1) is 0 Å². The van der Waals surface area contributed by atoms with Crippen LogP contribution in [0.1, 0.15) is 40.2 Å². The van der Waals surface area contributed by atoms with Gasteiger partial charge in [0, 0.05) is 30.0 Å². The third-order valence-corrected chi connectivity index (χ3v) is 6.00. The first-order chi connectivity index (χ1) is 16.8. The molecular formula is C29H33N3O3. The number of hydrogen-bond donors (Lipinski definition) is 1. The van der Waals surface area contributed by atoms with Crippen LogP contribution in [0.5, 0.6) is 5.75 Å². The number of nitrogens with one attached hydrogen (secondary N) is 1. The molecular weight excluding hydrogens is 438 g/mol. The fourth-order valence-electron chi connectivity index (χ4n) is 3.93. The highest BCUT2D eigenvalue weighted by Gasteiger charge is 2.14. The number of hydrogen-bond acceptors (Lipinski definition) is 5. The Labute approximate surface area is 206 Å². The maximum atomic E-state index is 12.4. The Morgan fingerprint density at radius 3 is 2.29 bits per heavy atom. The number of anilines is 2. The molecule has 1 amide bonds. The fraction of sp³-hybridized carbons (Fsp3) is 0.310. The van der Waals surface area contributed by atoms with Gasteiger partial charge in [-0.05, 0) is 79.4 Å². The molecule has 6 nitrogen and oxygen atoms in total. The van der Waals surface area contributed by atoms with Gasteiger partial charge in [0.05, 0.1) is 0 Å². The van der Waals surface area contributed by atoms with Crippen molar-refractivity contribution in [1.29, 1.82) is 0 Å². The Morgan fingerprint density at radius 1 is 0.971 bits per heavy atom. The molecule has 0 unspecified atom stereocenters. The van der Waals surface area contributed by atoms with E-state index in [0.717, 1.165) is 18.7 Å². The van der Waals surface area contributed by atoms with Crippen molar-refractivity contribution in [3.63, 3.8) is 0 Å². The van der Waals surface area contributed by atoms with Gasteiger partial charge in [-0.3, -0.25) is 4.79 Å². The Kier molecular flexibility index (Phi) is 7.10. The van der Waals surface area contributed by atoms with Crippen LogP contribution in [0.25, 0.3) is 22.6 Å². The number of benzene rings is 3. The van der Waals surface area contributed by atoms with Gasteiger partial charge in [0.2, 0.25) is 5.89 Å². The van der Waals surface area contributed by atoms with Crippen LogP contribution < -0.4 is 15.0 Å². The molecule has 1 aromatic heterocycles. The van der Waals surface area contributed by atoms with Crippen LogP contribution >= 0.6 is 0 Å². The van der Waals surface area contributed by atoms with Gasteiger partial charge in [0.15, 0.2) is 12.2 Å². The van der Waals surface area contributed by atoms with E-state index in [-0.39, 0.29) is 17.9 Å². The second-order valence-corrected chi connectivity index (χ2v) is 9.53. The first-order valence-electron chi connectivity index (χ1n) is 12.1. The van der Waals surface area contributed by atoms with Gasteiger partial charge in [0.1, 0.15) is 11.3 Å². The van der Waals surface area contributed by atoms with Crippen LogP contribution in [0.3, 0.4) is 0 Å². The van der Waals surface area contributed by atoms with E-state index in [0.29, 0.717) is 28.4 Å². The van der Waals surface area contributed by atoms with E-state index >= 15 is 0 Å². The van der Waals surface area contributed by atoms with Crippen LogP contribution in [-0.4, -0.2) is 30.6 Å². The van der Waals surface area contributed by atoms with Crippen molar-refractivity contribution >= 4 is 28.4 Å². The van der Waals surface area contributed by atoms with Crippen LogP contribution in [0.2, 0.25) is 0 Å². The van der Waals surface area contributed by atoms with Gasteiger partial charge in [-0.1, -0.05) is 32.9 Å². The van der Waals surface area contributed by atoms with E-state index in [1.54, 1.807) is 6.07 Å². The van der Waals surface area contributed by atoms with Crippen LogP contribution in [-0.2, 0) is 10.2 Å². The largest absolute Gasteiger partial charge is 0.484 e. The number of carbonyl (C=O) groups excluding carboxylic acids is 1. The number of ether oxygens (including phenoxy) is 1. The molecule has 0 radical (unpaired) electrons. The first-order valence-corrected chi connectivity index (χ1v) is 12.1. The van der Waals surface area contributed by atoms with Gasteiger partial charge in [-0.25, -0.2) is 4.98 Å². The zero-order valence-electron chi connectivity index (χ0n) is 21.1. The summed E-state index contributed by atoms with van der Waals surface area (Å²) in [6, 6.07) is 21.5. The molecule has 0 aliphatic heterocycles. The smallest absolute Gasteiger partial charge is 0.262 e. The van der Waals surface area contributed by atoms with E-state index in [1.165, 1.54) is 11.3 Å². The number of nitrogens with zero attached hydrogens (tertiary/aromatic N) is 2. The highest BCUT2D eigenvalue weighted by molar-refractivity contribution is 5.94. The third-order valence-electron chi connectivity index (χ3n) is 6.00. The molecule has 1 heterocycles. The molecule has 3 aromatic carbocycles. The SMILES string of the molecule is CCN(CC)c1ccc(-c2nc3cc(NC(=O)COc4ccc(C(C)(C)C)cc4)ccc3o2)cc1. The summed E-state index contributed by atoms with van der Waals surface area (Å²) >= 11 is 0. The van der Waals surface area contributed by atoms with E-state index < -0.39 is 0 Å². The lowest BCUT2D eigenvalue weighted by Gasteiger charge is -2.20. The van der Waals surface area contributed by atoms with Crippen molar-refractivity contribution < 1.29 is 13.9 Å². The van der Waals surface area contributed by atoms with Crippen molar-refractivity contribution in [3.05, 3.63) is 72.3 Å². The van der Waals surface area contributed by atoms with Crippen molar-refractivity contribution in [3.8, 4) is 17.2 Å². The first kappa shape index (κ1) is 24.3. The molecule has 0 bridgehead atoms. The molecule has 0 atom stereocenters. The van der Waals surface area contributed by atoms with Gasteiger partial charge < -0.3 is 19.4 Å². The molecule has 6 heteroatoms. The summed E-state index contributed by atoms with van der Waals surface area (Å²) in [5.74, 6) is 0.980. The lowest BCUT2D eigenvalue weighted by atomic mass is 9.87. The van der Waals surface area contributed by atoms with E-state index in [1.807, 2.05) is 48.5 Å². The number of oxazole rings is 1. The minimum absolute atomic E-state index is 0.0736. The van der Waals surface area contributed by atoms with Crippen LogP contribution in [0, 0.1) is 0 Å². The van der Waals surface area contributed by atoms with Crippen molar-refractivity contribution in [2.24, 2.45) is 0 Å². The number of aromatic nitrogens is 1. The van der Waals surface area contributed by atoms with Crippen LogP contribution in [0.4, 0.5) is 11.4 Å². The maximum Gasteiger partial charge on any atom is 0.262 e. The molecule has 1 N–H and O–H groups in total. The van der Waals surface area contributed by atoms with Gasteiger partial charge >= 0.3 is 0 Å². The predicted octanol–water partition coefficient (Wildman–Crippen LogP) is 6.66. The Balaban J connectivity index is 1.39. The Bertz CT molecular complexity index is 1280. The highest BCUT2D eigenvalue weighted by Crippen LogP contribution is 2.28. The molecule has 0 saturated carbocycles. The summed E-state index contributed by atoms with van der Waals surface area (Å²) in [5.41, 5.74) is 5.37. The Morgan fingerprint density at radius 2 is 1.66 bits per heavy atom. The monoisotopic (exact) mass is 471 g/mol. The van der Waals surface area contributed by atoms with Crippen molar-refractivity contribution in [2.45, 2.75) is 40.0 Å². The second-order valence-electron chi connectivity index (χ2n) is 9.53. The molecule has 4 rings (SSSR count). The number of carbonyl (C=O) groups is 1. The van der Waals surface area contributed by atoms with E-state index in [4.69, 9.17) is 9.15 Å². The molecule has 0 spiro atoms. The lowest BCUT2D eigenvalue weighted by molar-refractivity contribution is -0.118. The topological polar surface area (TPSA) is 67.6 Å². The molecule has 0 fully saturated rings. The zero-order valence-corrected chi connectivity index (χ0v) is 21.1. The second kappa shape index (κ2) is 10.2. The van der Waals surface area contributed by atoms with E-state index in [9.17, 15) is 4.79 Å². The summed E-state index contributed by atoms with van der Waals surface area (Å²) in [7, 11) is 0. The summed E-state index contributed by atoms with van der Waals surface area (Å²) < 4.78 is 11.6. The Hall–Kier alpha value is -3.80. The normalized spacial score (nSPS) is 11.5. The van der Waals surface area contributed by atoms with Crippen molar-refractivity contribution in [2.75, 3.05) is 29.9 Å². The van der Waals surface area contributed by atoms with E-state index in [2.05, 4.69) is 62.0 Å². The summed E-state index contributed by atoms with van der Waals surface area (Å²) in [5, 5.41) is 2.87. The average Bonchev–Trinajstić information content (AvgIpc) is 3.27. The number of fused-ring (bicyclic) bond motifs is 1. The molecule has 4 aromatic rings. The zero-order chi connectivity index (χ0) is 25.0. The minimum atomic E-state index is -0.236. The molecule has 0 aliphatic carbocycles. The van der Waals surface area contributed by atoms with Crippen LogP contribution in [0.15, 0.2) is 71.1 Å². The summed E-state index contributed by atoms with van der Waals surface area (Å²) in [4.78, 5) is 19.3. The highest BCUT2D eigenvalue weighted by atomic mass is 16.5. The van der Waals surface area contributed by atoms with Gasteiger partial charge in [-0.2, -0.15) is 0 Å². The van der Waals surface area contributed by atoms with Gasteiger partial charge in [0.25, 0.3) is 5.91 Å².